The van der Waals surface area contributed by atoms with Crippen molar-refractivity contribution in [2.24, 2.45) is 0 Å². The molecule has 4 heavy (non-hydrogen) atoms. The lowest BCUT2D eigenvalue weighted by Crippen LogP contribution is -1.87. The SMILES string of the molecule is [CH2-]C([CH2-])O. The van der Waals surface area contributed by atoms with Crippen LogP contribution in [0.15, 0.2) is 0 Å². The highest BCUT2D eigenvalue weighted by Gasteiger charge is 1.44. The molecule has 0 spiro atoms. The maximum absolute atomic E-state index is 7.83. The average molecular weight is 58.1 g/mol. The monoisotopic (exact) mass is 58.0 g/mol. The Kier molecular flexibility index (Phi) is 1.28. The molecule has 0 bridgehead atoms. The largest absolute Gasteiger partial charge is 0.456 e. The minimum atomic E-state index is -0.667. The van der Waals surface area contributed by atoms with Crippen molar-refractivity contribution in [3.63, 3.8) is 0 Å². The first-order chi connectivity index (χ1) is 1.73. The van der Waals surface area contributed by atoms with Crippen LogP contribution in [0.2, 0.25) is 0 Å². The zero-order valence-corrected chi connectivity index (χ0v) is 2.44. The van der Waals surface area contributed by atoms with Crippen LogP contribution in [0.3, 0.4) is 0 Å². The van der Waals surface area contributed by atoms with E-state index in [-0.39, 0.29) is 0 Å². The van der Waals surface area contributed by atoms with Gasteiger partial charge in [-0.2, -0.15) is 0 Å². The lowest BCUT2D eigenvalue weighted by Gasteiger charge is -2.03. The molecule has 1 heteroatoms. The summed E-state index contributed by atoms with van der Waals surface area (Å²) in [4.78, 5) is 0. The molecule has 0 aromatic carbocycles. The Morgan fingerprint density at radius 1 is 1.50 bits per heavy atom. The standard InChI is InChI=1S/C3H6O/c1-3(2)4/h3-4H,1-2H2/q-2. The van der Waals surface area contributed by atoms with Crippen LogP contribution < -0.4 is 0 Å². The van der Waals surface area contributed by atoms with Crippen molar-refractivity contribution in [1.82, 2.24) is 0 Å². The van der Waals surface area contributed by atoms with Gasteiger partial charge in [0, 0.05) is 0 Å². The van der Waals surface area contributed by atoms with E-state index in [0.29, 0.717) is 0 Å². The van der Waals surface area contributed by atoms with Gasteiger partial charge in [-0.05, 0) is 0 Å². The fraction of sp³-hybridized carbons (Fsp3) is 0.333. The van der Waals surface area contributed by atoms with Crippen LogP contribution in [0.5, 0.6) is 0 Å². The van der Waals surface area contributed by atoms with Crippen LogP contribution in [0.4, 0.5) is 0 Å². The highest BCUT2D eigenvalue weighted by Crippen LogP contribution is 1.62. The molecule has 0 fully saturated rings. The second-order valence-electron chi connectivity index (χ2n) is 0.654. The first-order valence-corrected chi connectivity index (χ1v) is 1.07. The number of hydrogen-bond acceptors (Lipinski definition) is 1. The first-order valence-electron chi connectivity index (χ1n) is 1.07. The normalized spacial score (nSPS) is 9.00. The zero-order chi connectivity index (χ0) is 3.58. The smallest absolute Gasteiger partial charge is 0.201 e. The Balaban J connectivity index is 2.32. The summed E-state index contributed by atoms with van der Waals surface area (Å²) in [5, 5.41) is 7.83. The van der Waals surface area contributed by atoms with Crippen LogP contribution in [0.1, 0.15) is 0 Å². The summed E-state index contributed by atoms with van der Waals surface area (Å²) in [7, 11) is 0. The maximum Gasteiger partial charge on any atom is -0.201 e. The van der Waals surface area contributed by atoms with Gasteiger partial charge in [0.2, 0.25) is 0 Å². The van der Waals surface area contributed by atoms with E-state index in [0.717, 1.165) is 0 Å². The van der Waals surface area contributed by atoms with E-state index in [1.54, 1.807) is 0 Å². The molecule has 0 rings (SSSR count). The Morgan fingerprint density at radius 3 is 1.50 bits per heavy atom. The topological polar surface area (TPSA) is 20.2 Å². The molecular formula is C3H6O-2. The van der Waals surface area contributed by atoms with Gasteiger partial charge in [-0.1, -0.05) is 0 Å². The maximum atomic E-state index is 7.83. The van der Waals surface area contributed by atoms with E-state index >= 15 is 0 Å². The zero-order valence-electron chi connectivity index (χ0n) is 2.44. The number of hydrogen-bond donors (Lipinski definition) is 1. The third-order valence-electron chi connectivity index (χ3n) is 0. The van der Waals surface area contributed by atoms with Crippen molar-refractivity contribution in [3.8, 4) is 0 Å². The van der Waals surface area contributed by atoms with Crippen molar-refractivity contribution in [2.75, 3.05) is 0 Å². The first kappa shape index (κ1) is 3.96. The molecule has 0 aromatic heterocycles. The number of aliphatic hydroxyl groups is 1. The number of aliphatic hydroxyl groups excluding tert-OH is 1. The molecule has 1 N–H and O–H groups in total. The van der Waals surface area contributed by atoms with Gasteiger partial charge >= 0.3 is 0 Å². The summed E-state index contributed by atoms with van der Waals surface area (Å²) in [6, 6.07) is 0. The molecule has 0 saturated carbocycles. The molecule has 0 radical (unpaired) electrons. The van der Waals surface area contributed by atoms with Gasteiger partial charge in [-0.25, -0.2) is 6.10 Å². The highest BCUT2D eigenvalue weighted by atomic mass is 16.3. The van der Waals surface area contributed by atoms with Crippen molar-refractivity contribution >= 4 is 0 Å². The van der Waals surface area contributed by atoms with Gasteiger partial charge < -0.3 is 19.0 Å². The van der Waals surface area contributed by atoms with E-state index in [4.69, 9.17) is 5.11 Å². The van der Waals surface area contributed by atoms with Gasteiger partial charge in [0.15, 0.2) is 0 Å². The lowest BCUT2D eigenvalue weighted by atomic mass is 10.5. The Morgan fingerprint density at radius 2 is 1.50 bits per heavy atom. The molecule has 0 heterocycles. The summed E-state index contributed by atoms with van der Waals surface area (Å²) < 4.78 is 0. The molecule has 0 aliphatic rings. The molecule has 0 aliphatic carbocycles. The van der Waals surface area contributed by atoms with Crippen molar-refractivity contribution < 1.29 is 5.11 Å². The van der Waals surface area contributed by atoms with Gasteiger partial charge in [0.25, 0.3) is 0 Å². The molecule has 0 unspecified atom stereocenters. The summed E-state index contributed by atoms with van der Waals surface area (Å²) in [6.45, 7) is 6.17. The predicted molar refractivity (Wildman–Crippen MR) is 16.7 cm³/mol. The third kappa shape index (κ3) is 1130. The third-order valence-corrected chi connectivity index (χ3v) is 0. The molecule has 0 saturated heterocycles. The molecule has 0 amide bonds. The summed E-state index contributed by atoms with van der Waals surface area (Å²) in [5.74, 6) is 0. The van der Waals surface area contributed by atoms with Gasteiger partial charge in [-0.15, -0.1) is 0 Å². The van der Waals surface area contributed by atoms with Crippen molar-refractivity contribution in [2.45, 2.75) is 6.10 Å². The van der Waals surface area contributed by atoms with Crippen LogP contribution in [-0.2, 0) is 0 Å². The highest BCUT2D eigenvalue weighted by molar-refractivity contribution is 4.54. The lowest BCUT2D eigenvalue weighted by molar-refractivity contribution is 0.267. The second-order valence-corrected chi connectivity index (χ2v) is 0.654. The molecule has 0 atom stereocenters. The van der Waals surface area contributed by atoms with Crippen molar-refractivity contribution in [3.05, 3.63) is 13.8 Å². The number of rotatable bonds is 0. The minimum Gasteiger partial charge on any atom is -0.456 e. The molecule has 1 nitrogen and oxygen atoms in total. The van der Waals surface area contributed by atoms with Crippen LogP contribution >= 0.6 is 0 Å². The molecule has 0 aliphatic heterocycles. The predicted octanol–water partition coefficient (Wildman–Crippen LogP) is 0.0155. The van der Waals surface area contributed by atoms with E-state index in [9.17, 15) is 0 Å². The van der Waals surface area contributed by atoms with E-state index in [2.05, 4.69) is 13.8 Å². The summed E-state index contributed by atoms with van der Waals surface area (Å²) >= 11 is 0. The van der Waals surface area contributed by atoms with Crippen LogP contribution in [0, 0.1) is 13.8 Å². The van der Waals surface area contributed by atoms with Crippen molar-refractivity contribution in [1.29, 1.82) is 0 Å². The van der Waals surface area contributed by atoms with E-state index in [1.165, 1.54) is 0 Å². The quantitative estimate of drug-likeness (QED) is 0.389. The Bertz CT molecular complexity index is 8.00. The summed E-state index contributed by atoms with van der Waals surface area (Å²) in [5.41, 5.74) is 0. The fourth-order valence-corrected chi connectivity index (χ4v) is 0. The fourth-order valence-electron chi connectivity index (χ4n) is 0. The van der Waals surface area contributed by atoms with Gasteiger partial charge in [-0.3, -0.25) is 0 Å². The second kappa shape index (κ2) is 1.30. The molecule has 26 valence electrons. The van der Waals surface area contributed by atoms with E-state index in [1.807, 2.05) is 0 Å². The van der Waals surface area contributed by atoms with Gasteiger partial charge in [0.1, 0.15) is 0 Å². The Hall–Kier alpha value is -0.0400. The summed E-state index contributed by atoms with van der Waals surface area (Å²) in [6.07, 6.45) is -0.667. The van der Waals surface area contributed by atoms with E-state index < -0.39 is 6.10 Å². The minimum absolute atomic E-state index is 0.667. The van der Waals surface area contributed by atoms with Gasteiger partial charge in [0.05, 0.1) is 0 Å². The average Bonchev–Trinajstić information content (AvgIpc) is 0.811. The Labute approximate surface area is 26.3 Å². The van der Waals surface area contributed by atoms with Crippen LogP contribution in [0.25, 0.3) is 0 Å². The molecular weight excluding hydrogens is 52.0 g/mol. The van der Waals surface area contributed by atoms with Crippen LogP contribution in [-0.4, -0.2) is 11.2 Å². The molecule has 0 aromatic rings.